The fourth-order valence-corrected chi connectivity index (χ4v) is 2.48. The van der Waals surface area contributed by atoms with Crippen molar-refractivity contribution < 1.29 is 13.9 Å². The first-order valence-corrected chi connectivity index (χ1v) is 8.77. The molecule has 1 heterocycles. The minimum Gasteiger partial charge on any atom is -0.489 e. The summed E-state index contributed by atoms with van der Waals surface area (Å²) in [5.74, 6) is 1.07. The monoisotopic (exact) mass is 382 g/mol. The fourth-order valence-electron chi connectivity index (χ4n) is 2.36. The standard InChI is InChI=1S/C21H19ClN2O3/c1-14-12-18(9-10-19(14)22)27-13-16-5-7-17(8-6-16)21(25)24-23-15(2)20-4-3-11-26-20/h3-12H,13H2,1-2H3,(H,24,25)/b23-15+. The molecule has 1 N–H and O–H groups in total. The zero-order valence-electron chi connectivity index (χ0n) is 15.0. The topological polar surface area (TPSA) is 63.8 Å². The molecule has 0 saturated heterocycles. The Morgan fingerprint density at radius 2 is 1.96 bits per heavy atom. The van der Waals surface area contributed by atoms with E-state index in [-0.39, 0.29) is 5.91 Å². The lowest BCUT2D eigenvalue weighted by atomic mass is 10.1. The van der Waals surface area contributed by atoms with Crippen molar-refractivity contribution in [1.29, 1.82) is 0 Å². The molecule has 0 bridgehead atoms. The summed E-state index contributed by atoms with van der Waals surface area (Å²) in [5.41, 5.74) is 5.54. The van der Waals surface area contributed by atoms with Crippen LogP contribution in [0.15, 0.2) is 70.4 Å². The lowest BCUT2D eigenvalue weighted by Gasteiger charge is -2.08. The maximum absolute atomic E-state index is 12.2. The van der Waals surface area contributed by atoms with E-state index in [9.17, 15) is 4.79 Å². The van der Waals surface area contributed by atoms with Crippen LogP contribution in [0.4, 0.5) is 0 Å². The van der Waals surface area contributed by atoms with Crippen LogP contribution < -0.4 is 10.2 Å². The van der Waals surface area contributed by atoms with Crippen molar-refractivity contribution in [2.24, 2.45) is 5.10 Å². The molecule has 0 aliphatic carbocycles. The van der Waals surface area contributed by atoms with Crippen LogP contribution in [0.3, 0.4) is 0 Å². The van der Waals surface area contributed by atoms with E-state index in [1.807, 2.05) is 37.3 Å². The maximum atomic E-state index is 12.2. The van der Waals surface area contributed by atoms with Crippen LogP contribution in [0, 0.1) is 6.92 Å². The van der Waals surface area contributed by atoms with E-state index >= 15 is 0 Å². The van der Waals surface area contributed by atoms with Gasteiger partial charge in [0, 0.05) is 10.6 Å². The molecule has 0 unspecified atom stereocenters. The van der Waals surface area contributed by atoms with Gasteiger partial charge in [-0.3, -0.25) is 4.79 Å². The van der Waals surface area contributed by atoms with Gasteiger partial charge in [-0.1, -0.05) is 23.7 Å². The van der Waals surface area contributed by atoms with E-state index in [0.29, 0.717) is 28.7 Å². The molecule has 138 valence electrons. The number of rotatable bonds is 6. The van der Waals surface area contributed by atoms with E-state index in [0.717, 1.165) is 16.9 Å². The zero-order valence-corrected chi connectivity index (χ0v) is 15.8. The quantitative estimate of drug-likeness (QED) is 0.483. The van der Waals surface area contributed by atoms with E-state index in [4.69, 9.17) is 20.8 Å². The molecule has 0 fully saturated rings. The Labute approximate surface area is 162 Å². The molecular weight excluding hydrogens is 364 g/mol. The third kappa shape index (κ3) is 4.99. The van der Waals surface area contributed by atoms with Crippen LogP contribution in [0.1, 0.15) is 34.2 Å². The number of carbonyl (C=O) groups is 1. The number of benzene rings is 2. The Morgan fingerprint density at radius 1 is 1.19 bits per heavy atom. The van der Waals surface area contributed by atoms with E-state index in [2.05, 4.69) is 10.5 Å². The molecule has 5 nitrogen and oxygen atoms in total. The van der Waals surface area contributed by atoms with Gasteiger partial charge in [-0.2, -0.15) is 5.10 Å². The number of nitrogens with zero attached hydrogens (tertiary/aromatic N) is 1. The molecule has 0 aliphatic heterocycles. The first-order valence-electron chi connectivity index (χ1n) is 8.39. The third-order valence-electron chi connectivity index (χ3n) is 3.95. The smallest absolute Gasteiger partial charge is 0.271 e. The predicted octanol–water partition coefficient (Wildman–Crippen LogP) is 4.97. The van der Waals surface area contributed by atoms with Crippen molar-refractivity contribution in [2.45, 2.75) is 20.5 Å². The van der Waals surface area contributed by atoms with E-state index in [1.54, 1.807) is 37.5 Å². The van der Waals surface area contributed by atoms with Crippen LogP contribution in [-0.2, 0) is 6.61 Å². The summed E-state index contributed by atoms with van der Waals surface area (Å²) in [7, 11) is 0. The second kappa shape index (κ2) is 8.56. The zero-order chi connectivity index (χ0) is 19.2. The SMILES string of the molecule is C/C(=N\NC(=O)c1ccc(COc2ccc(Cl)c(C)c2)cc1)c1ccco1. The van der Waals surface area contributed by atoms with Crippen LogP contribution in [0.25, 0.3) is 0 Å². The molecule has 0 atom stereocenters. The number of amides is 1. The molecule has 0 spiro atoms. The number of nitrogens with one attached hydrogen (secondary N) is 1. The van der Waals surface area contributed by atoms with Gasteiger partial charge < -0.3 is 9.15 Å². The first-order chi connectivity index (χ1) is 13.0. The average molecular weight is 383 g/mol. The molecule has 1 amide bonds. The lowest BCUT2D eigenvalue weighted by Crippen LogP contribution is -2.19. The van der Waals surface area contributed by atoms with Crippen LogP contribution >= 0.6 is 11.6 Å². The Kier molecular flexibility index (Phi) is 5.94. The van der Waals surface area contributed by atoms with Crippen molar-refractivity contribution in [1.82, 2.24) is 5.43 Å². The summed E-state index contributed by atoms with van der Waals surface area (Å²) < 4.78 is 11.0. The minimum absolute atomic E-state index is 0.290. The van der Waals surface area contributed by atoms with Gasteiger partial charge in [-0.25, -0.2) is 5.43 Å². The summed E-state index contributed by atoms with van der Waals surface area (Å²) in [6.45, 7) is 4.09. The Bertz CT molecular complexity index is 948. The molecule has 0 radical (unpaired) electrons. The summed E-state index contributed by atoms with van der Waals surface area (Å²) in [6, 6.07) is 16.2. The molecule has 0 aliphatic rings. The summed E-state index contributed by atoms with van der Waals surface area (Å²) in [5, 5.41) is 4.76. The van der Waals surface area contributed by atoms with Crippen molar-refractivity contribution >= 4 is 23.2 Å². The van der Waals surface area contributed by atoms with Crippen LogP contribution in [-0.4, -0.2) is 11.6 Å². The molecule has 6 heteroatoms. The van der Waals surface area contributed by atoms with Gasteiger partial charge >= 0.3 is 0 Å². The number of hydrogen-bond donors (Lipinski definition) is 1. The molecule has 2 aromatic carbocycles. The second-order valence-corrected chi connectivity index (χ2v) is 6.42. The van der Waals surface area contributed by atoms with Gasteiger partial charge in [0.2, 0.25) is 0 Å². The fraction of sp³-hybridized carbons (Fsp3) is 0.143. The van der Waals surface area contributed by atoms with Gasteiger partial charge in [0.1, 0.15) is 23.8 Å². The molecular formula is C21H19ClN2O3. The van der Waals surface area contributed by atoms with E-state index < -0.39 is 0 Å². The summed E-state index contributed by atoms with van der Waals surface area (Å²) in [4.78, 5) is 12.2. The second-order valence-electron chi connectivity index (χ2n) is 6.01. The number of carbonyl (C=O) groups excluding carboxylic acids is 1. The molecule has 1 aromatic heterocycles. The predicted molar refractivity (Wildman–Crippen MR) is 105 cm³/mol. The van der Waals surface area contributed by atoms with Gasteiger partial charge in [0.25, 0.3) is 5.91 Å². The lowest BCUT2D eigenvalue weighted by molar-refractivity contribution is 0.0954. The summed E-state index contributed by atoms with van der Waals surface area (Å²) in [6.07, 6.45) is 1.56. The summed E-state index contributed by atoms with van der Waals surface area (Å²) >= 11 is 6.01. The number of hydrazone groups is 1. The highest BCUT2D eigenvalue weighted by molar-refractivity contribution is 6.31. The Balaban J connectivity index is 1.57. The van der Waals surface area contributed by atoms with Crippen molar-refractivity contribution in [3.63, 3.8) is 0 Å². The van der Waals surface area contributed by atoms with Crippen molar-refractivity contribution in [3.8, 4) is 5.75 Å². The normalized spacial score (nSPS) is 11.3. The van der Waals surface area contributed by atoms with Gasteiger partial charge in [0.15, 0.2) is 0 Å². The Morgan fingerprint density at radius 3 is 2.63 bits per heavy atom. The largest absolute Gasteiger partial charge is 0.489 e. The van der Waals surface area contributed by atoms with Gasteiger partial charge in [0.05, 0.1) is 6.26 Å². The highest BCUT2D eigenvalue weighted by Crippen LogP contribution is 2.21. The highest BCUT2D eigenvalue weighted by Gasteiger charge is 2.06. The van der Waals surface area contributed by atoms with Gasteiger partial charge in [-0.05, 0) is 67.4 Å². The first kappa shape index (κ1) is 18.7. The van der Waals surface area contributed by atoms with Crippen molar-refractivity contribution in [2.75, 3.05) is 0 Å². The molecule has 0 saturated carbocycles. The van der Waals surface area contributed by atoms with Gasteiger partial charge in [-0.15, -0.1) is 0 Å². The van der Waals surface area contributed by atoms with Crippen LogP contribution in [0.2, 0.25) is 5.02 Å². The number of ether oxygens (including phenoxy) is 1. The number of aryl methyl sites for hydroxylation is 1. The molecule has 27 heavy (non-hydrogen) atoms. The number of hydrogen-bond acceptors (Lipinski definition) is 4. The molecule has 3 aromatic rings. The average Bonchev–Trinajstić information content (AvgIpc) is 3.22. The Hall–Kier alpha value is -3.05. The number of furan rings is 1. The highest BCUT2D eigenvalue weighted by atomic mass is 35.5. The minimum atomic E-state index is -0.290. The van der Waals surface area contributed by atoms with Crippen LogP contribution in [0.5, 0.6) is 5.75 Å². The van der Waals surface area contributed by atoms with E-state index in [1.165, 1.54) is 0 Å². The van der Waals surface area contributed by atoms with Crippen molar-refractivity contribution in [3.05, 3.63) is 88.3 Å². The number of halogens is 1. The maximum Gasteiger partial charge on any atom is 0.271 e. The third-order valence-corrected chi connectivity index (χ3v) is 4.38. The molecule has 3 rings (SSSR count).